The van der Waals surface area contributed by atoms with E-state index in [-0.39, 0.29) is 24.0 Å². The number of nitrogens with zero attached hydrogens (tertiary/aromatic N) is 3. The Morgan fingerprint density at radius 1 is 1.09 bits per heavy atom. The Kier molecular flexibility index (Phi) is 10.2. The van der Waals surface area contributed by atoms with Gasteiger partial charge in [0.1, 0.15) is 5.82 Å². The topological polar surface area (TPSA) is 159 Å². The van der Waals surface area contributed by atoms with Gasteiger partial charge < -0.3 is 14.6 Å². The van der Waals surface area contributed by atoms with E-state index in [1.54, 1.807) is 32.0 Å². The van der Waals surface area contributed by atoms with E-state index in [9.17, 15) is 31.8 Å². The highest BCUT2D eigenvalue weighted by molar-refractivity contribution is 7.99. The number of carboxylic acid groups (broad SMARTS) is 1. The van der Waals surface area contributed by atoms with Gasteiger partial charge in [0, 0.05) is 17.5 Å². The smallest absolute Gasteiger partial charge is 0.305 e. The molecule has 1 saturated heterocycles. The number of carboxylic acids is 1. The molecule has 3 aromatic rings. The molecule has 1 aromatic carbocycles. The van der Waals surface area contributed by atoms with Crippen LogP contribution < -0.4 is 3.71 Å². The standard InChI is InChI=1S/C32H36FN3O8S2/c1-18(2)30-25(13-12-21-16-22(17-28(37)38)44-32(3,4)43-21)29(19-8-10-20(33)11-9-19)24-6-5-7-26-23(31(24)35-30)14-15-27(34-26)36(45(39)40)46(41)42/h8-15,18,21-22H,5-7,16-17H2,1-4H3,(H,37,38)(H,39,40)(H,41,42)/b13-12+/t21-,22-/m1/s1. The van der Waals surface area contributed by atoms with E-state index < -0.39 is 46.5 Å². The van der Waals surface area contributed by atoms with Gasteiger partial charge in [-0.05, 0) is 80.0 Å². The van der Waals surface area contributed by atoms with E-state index in [1.807, 2.05) is 26.0 Å². The Labute approximate surface area is 271 Å². The molecule has 1 aliphatic carbocycles. The Morgan fingerprint density at radius 3 is 2.41 bits per heavy atom. The molecule has 0 amide bonds. The van der Waals surface area contributed by atoms with Crippen LogP contribution in [0.2, 0.25) is 0 Å². The van der Waals surface area contributed by atoms with Crippen LogP contribution in [0.1, 0.15) is 75.4 Å². The van der Waals surface area contributed by atoms with Gasteiger partial charge >= 0.3 is 5.97 Å². The molecule has 0 bridgehead atoms. The van der Waals surface area contributed by atoms with Crippen molar-refractivity contribution in [2.75, 3.05) is 3.71 Å². The number of fused-ring (bicyclic) bond motifs is 3. The Morgan fingerprint density at radius 2 is 1.78 bits per heavy atom. The van der Waals surface area contributed by atoms with Crippen molar-refractivity contribution in [3.05, 3.63) is 70.8 Å². The van der Waals surface area contributed by atoms with Crippen LogP contribution in [0.15, 0.2) is 42.5 Å². The first-order chi connectivity index (χ1) is 21.7. The molecular formula is C32H36FN3O8S2. The number of aromatic nitrogens is 2. The van der Waals surface area contributed by atoms with Crippen molar-refractivity contribution in [1.29, 1.82) is 0 Å². The van der Waals surface area contributed by atoms with Gasteiger partial charge in [-0.2, -0.15) is 0 Å². The number of ether oxygens (including phenoxy) is 2. The molecule has 2 unspecified atom stereocenters. The fourth-order valence-corrected chi connectivity index (χ4v) is 7.07. The minimum Gasteiger partial charge on any atom is -0.481 e. The molecule has 46 heavy (non-hydrogen) atoms. The summed E-state index contributed by atoms with van der Waals surface area (Å²) < 4.78 is 69.3. The maximum absolute atomic E-state index is 14.1. The first-order valence-electron chi connectivity index (χ1n) is 14.8. The van der Waals surface area contributed by atoms with E-state index in [4.69, 9.17) is 14.5 Å². The van der Waals surface area contributed by atoms with Gasteiger partial charge in [0.15, 0.2) is 11.6 Å². The molecule has 5 rings (SSSR count). The van der Waals surface area contributed by atoms with Crippen molar-refractivity contribution in [2.24, 2.45) is 0 Å². The summed E-state index contributed by atoms with van der Waals surface area (Å²) in [6.07, 6.45) is 4.78. The second kappa shape index (κ2) is 13.8. The number of hydrogen-bond acceptors (Lipinski definition) is 7. The summed E-state index contributed by atoms with van der Waals surface area (Å²) in [5, 5.41) is 9.38. The molecule has 2 aliphatic rings. The van der Waals surface area contributed by atoms with Crippen molar-refractivity contribution in [3.8, 4) is 22.4 Å². The average Bonchev–Trinajstić information content (AvgIpc) is 3.13. The van der Waals surface area contributed by atoms with Crippen LogP contribution in [-0.4, -0.2) is 56.6 Å². The van der Waals surface area contributed by atoms with Gasteiger partial charge in [-0.3, -0.25) is 18.9 Å². The molecule has 0 saturated carbocycles. The molecule has 14 heteroatoms. The lowest BCUT2D eigenvalue weighted by Gasteiger charge is -2.39. The van der Waals surface area contributed by atoms with Crippen molar-refractivity contribution < 1.29 is 41.3 Å². The number of aliphatic carboxylic acids is 1. The molecule has 11 nitrogen and oxygen atoms in total. The van der Waals surface area contributed by atoms with Crippen molar-refractivity contribution in [2.45, 2.75) is 83.7 Å². The van der Waals surface area contributed by atoms with E-state index >= 15 is 0 Å². The third-order valence-corrected chi connectivity index (χ3v) is 9.54. The summed E-state index contributed by atoms with van der Waals surface area (Å²) >= 11 is -5.55. The quantitative estimate of drug-likeness (QED) is 0.229. The number of hydrogen-bond donors (Lipinski definition) is 3. The first kappa shape index (κ1) is 33.9. The third-order valence-electron chi connectivity index (χ3n) is 7.83. The van der Waals surface area contributed by atoms with Crippen LogP contribution in [0.4, 0.5) is 10.2 Å². The highest BCUT2D eigenvalue weighted by Crippen LogP contribution is 2.42. The van der Waals surface area contributed by atoms with Gasteiger partial charge in [-0.25, -0.2) is 17.8 Å². The van der Waals surface area contributed by atoms with E-state index in [1.165, 1.54) is 18.2 Å². The molecule has 0 spiro atoms. The maximum Gasteiger partial charge on any atom is 0.305 e. The SMILES string of the molecule is CC(C)c1nc2c(c(-c3ccc(F)cc3)c1/C=C/[C@@H]1C[C@H](CC(=O)O)OC(C)(C)O1)CCCc1nc(N(S(=O)O)S(=O)O)ccc1-2. The van der Waals surface area contributed by atoms with Gasteiger partial charge in [0.2, 0.25) is 0 Å². The lowest BCUT2D eigenvalue weighted by molar-refractivity contribution is -0.290. The van der Waals surface area contributed by atoms with E-state index in [2.05, 4.69) is 4.98 Å². The molecule has 246 valence electrons. The number of rotatable bonds is 9. The normalized spacial score (nSPS) is 20.5. The number of benzene rings is 1. The fraction of sp³-hybridized carbons (Fsp3) is 0.406. The van der Waals surface area contributed by atoms with Crippen LogP contribution in [0.3, 0.4) is 0 Å². The summed E-state index contributed by atoms with van der Waals surface area (Å²) in [6.45, 7) is 7.53. The minimum atomic E-state index is -2.77. The first-order valence-corrected chi connectivity index (χ1v) is 17.0. The molecule has 3 heterocycles. The van der Waals surface area contributed by atoms with Crippen LogP contribution >= 0.6 is 0 Å². The fourth-order valence-electron chi connectivity index (χ4n) is 6.11. The lowest BCUT2D eigenvalue weighted by Crippen LogP contribution is -2.44. The molecule has 3 N–H and O–H groups in total. The van der Waals surface area contributed by atoms with Crippen molar-refractivity contribution in [3.63, 3.8) is 0 Å². The highest BCUT2D eigenvalue weighted by atomic mass is 32.3. The lowest BCUT2D eigenvalue weighted by atomic mass is 9.86. The Hall–Kier alpha value is -3.40. The molecule has 2 aromatic heterocycles. The number of anilines is 1. The number of aryl methyl sites for hydroxylation is 1. The summed E-state index contributed by atoms with van der Waals surface area (Å²) in [7, 11) is 0. The molecule has 4 atom stereocenters. The van der Waals surface area contributed by atoms with Crippen LogP contribution in [0.5, 0.6) is 0 Å². The monoisotopic (exact) mass is 673 g/mol. The van der Waals surface area contributed by atoms with Crippen molar-refractivity contribution in [1.82, 2.24) is 9.97 Å². The Bertz CT molecular complexity index is 1700. The van der Waals surface area contributed by atoms with Gasteiger partial charge in [-0.1, -0.05) is 38.1 Å². The van der Waals surface area contributed by atoms with Crippen LogP contribution in [0, 0.1) is 5.82 Å². The summed E-state index contributed by atoms with van der Waals surface area (Å²) in [4.78, 5) is 21.1. The largest absolute Gasteiger partial charge is 0.481 e. The summed E-state index contributed by atoms with van der Waals surface area (Å²) in [5.74, 6) is -2.49. The maximum atomic E-state index is 14.1. The zero-order valence-electron chi connectivity index (χ0n) is 25.8. The number of carbonyl (C=O) groups is 1. The van der Waals surface area contributed by atoms with E-state index in [0.29, 0.717) is 46.3 Å². The molecule has 1 aliphatic heterocycles. The van der Waals surface area contributed by atoms with E-state index in [0.717, 1.165) is 27.9 Å². The summed E-state index contributed by atoms with van der Waals surface area (Å²) in [6, 6.07) is 9.36. The zero-order valence-corrected chi connectivity index (χ0v) is 27.4. The van der Waals surface area contributed by atoms with Crippen molar-refractivity contribution >= 4 is 40.4 Å². The van der Waals surface area contributed by atoms with Gasteiger partial charge in [0.05, 0.1) is 35.7 Å². The molecular weight excluding hydrogens is 637 g/mol. The minimum absolute atomic E-state index is 0.0565. The van der Waals surface area contributed by atoms with Crippen LogP contribution in [-0.2, 0) is 49.6 Å². The number of pyridine rings is 2. The third kappa shape index (κ3) is 7.42. The zero-order chi connectivity index (χ0) is 33.3. The predicted molar refractivity (Wildman–Crippen MR) is 173 cm³/mol. The van der Waals surface area contributed by atoms with Crippen LogP contribution in [0.25, 0.3) is 28.5 Å². The summed E-state index contributed by atoms with van der Waals surface area (Å²) in [5.41, 5.74) is 6.06. The average molecular weight is 674 g/mol. The van der Waals surface area contributed by atoms with Gasteiger partial charge in [0.25, 0.3) is 22.5 Å². The van der Waals surface area contributed by atoms with Gasteiger partial charge in [-0.15, -0.1) is 3.71 Å². The second-order valence-electron chi connectivity index (χ2n) is 12.0. The molecule has 1 fully saturated rings. The second-order valence-corrected chi connectivity index (χ2v) is 13.9. The molecule has 0 radical (unpaired) electrons. The number of halogens is 1. The Balaban J connectivity index is 1.69. The predicted octanol–water partition coefficient (Wildman–Crippen LogP) is 6.04. The highest BCUT2D eigenvalue weighted by Gasteiger charge is 2.36.